The molecule has 0 aliphatic rings. The third-order valence-corrected chi connectivity index (χ3v) is 2.68. The van der Waals surface area contributed by atoms with Gasteiger partial charge in [-0.3, -0.25) is 0 Å². The van der Waals surface area contributed by atoms with Crippen LogP contribution in [0.3, 0.4) is 0 Å². The van der Waals surface area contributed by atoms with E-state index in [0.717, 1.165) is 6.42 Å². The van der Waals surface area contributed by atoms with Gasteiger partial charge in [-0.2, -0.15) is 0 Å². The summed E-state index contributed by atoms with van der Waals surface area (Å²) in [5.41, 5.74) is 2.65. The number of ketones is 1. The maximum Gasteiger partial charge on any atom is 0.130 e. The van der Waals surface area contributed by atoms with E-state index < -0.39 is 0 Å². The highest BCUT2D eigenvalue weighted by Crippen LogP contribution is 2.19. The molecule has 0 heterocycles. The second-order valence-corrected chi connectivity index (χ2v) is 4.30. The molecule has 1 atom stereocenters. The third kappa shape index (κ3) is 3.86. The number of hydrogen-bond donors (Lipinski definition) is 0. The van der Waals surface area contributed by atoms with Crippen LogP contribution in [0, 0.1) is 0 Å². The second kappa shape index (κ2) is 5.69. The van der Waals surface area contributed by atoms with Crippen LogP contribution in [-0.2, 0) is 11.2 Å². The minimum Gasteiger partial charge on any atom is -0.300 e. The van der Waals surface area contributed by atoms with Gasteiger partial charge < -0.3 is 4.79 Å². The Hall–Kier alpha value is -1.11. The minimum absolute atomic E-state index is 0.264. The third-order valence-electron chi connectivity index (χ3n) is 2.68. The summed E-state index contributed by atoms with van der Waals surface area (Å²) in [5.74, 6) is 0.610. The van der Waals surface area contributed by atoms with Gasteiger partial charge in [0, 0.05) is 6.42 Å². The fourth-order valence-electron chi connectivity index (χ4n) is 1.85. The predicted molar refractivity (Wildman–Crippen MR) is 64.2 cm³/mol. The van der Waals surface area contributed by atoms with E-state index in [1.807, 2.05) is 0 Å². The molecule has 0 saturated carbocycles. The summed E-state index contributed by atoms with van der Waals surface area (Å²) in [6, 6.07) is 8.65. The molecule has 1 aromatic carbocycles. The molecule has 1 nitrogen and oxygen atoms in total. The van der Waals surface area contributed by atoms with E-state index in [0.29, 0.717) is 12.3 Å². The van der Waals surface area contributed by atoms with Gasteiger partial charge in [0.2, 0.25) is 0 Å². The second-order valence-electron chi connectivity index (χ2n) is 4.30. The maximum atomic E-state index is 11.0. The average molecular weight is 204 g/mol. The summed E-state index contributed by atoms with van der Waals surface area (Å²) in [7, 11) is 0. The summed E-state index contributed by atoms with van der Waals surface area (Å²) in [6.45, 7) is 5.95. The molecule has 0 bridgehead atoms. The van der Waals surface area contributed by atoms with Crippen LogP contribution < -0.4 is 0 Å². The molecular formula is C14H20O. The number of benzene rings is 1. The molecule has 0 aliphatic carbocycles. The maximum absolute atomic E-state index is 11.0. The first kappa shape index (κ1) is 12.0. The summed E-state index contributed by atoms with van der Waals surface area (Å²) >= 11 is 0. The molecule has 0 aliphatic heterocycles. The van der Waals surface area contributed by atoms with Gasteiger partial charge in [-0.05, 0) is 30.4 Å². The van der Waals surface area contributed by atoms with Crippen molar-refractivity contribution in [2.45, 2.75) is 46.0 Å². The van der Waals surface area contributed by atoms with Gasteiger partial charge in [0.1, 0.15) is 5.78 Å². The molecule has 15 heavy (non-hydrogen) atoms. The smallest absolute Gasteiger partial charge is 0.130 e. The van der Waals surface area contributed by atoms with Crippen molar-refractivity contribution in [2.24, 2.45) is 0 Å². The van der Waals surface area contributed by atoms with Crippen molar-refractivity contribution in [2.75, 3.05) is 0 Å². The zero-order valence-corrected chi connectivity index (χ0v) is 9.92. The highest BCUT2D eigenvalue weighted by molar-refractivity contribution is 5.76. The number of hydrogen-bond acceptors (Lipinski definition) is 1. The lowest BCUT2D eigenvalue weighted by molar-refractivity contribution is -0.117. The van der Waals surface area contributed by atoms with Crippen LogP contribution in [0.25, 0.3) is 0 Å². The van der Waals surface area contributed by atoms with Crippen LogP contribution in [0.1, 0.15) is 50.7 Å². The summed E-state index contributed by atoms with van der Waals surface area (Å²) < 4.78 is 0. The lowest BCUT2D eigenvalue weighted by Gasteiger charge is -2.10. The van der Waals surface area contributed by atoms with Gasteiger partial charge in [-0.25, -0.2) is 0 Å². The minimum atomic E-state index is 0.264. The molecule has 1 rings (SSSR count). The van der Waals surface area contributed by atoms with Crippen LogP contribution in [-0.4, -0.2) is 5.78 Å². The Labute approximate surface area is 92.5 Å². The first-order valence-corrected chi connectivity index (χ1v) is 5.71. The topological polar surface area (TPSA) is 17.1 Å². The summed E-state index contributed by atoms with van der Waals surface area (Å²) in [5, 5.41) is 0. The molecule has 1 heteroatoms. The Morgan fingerprint density at radius 2 is 1.87 bits per heavy atom. The van der Waals surface area contributed by atoms with E-state index in [1.165, 1.54) is 17.5 Å². The van der Waals surface area contributed by atoms with E-state index in [1.54, 1.807) is 6.92 Å². The number of carbonyl (C=O) groups is 1. The molecule has 82 valence electrons. The Bertz CT molecular complexity index is 311. The zero-order chi connectivity index (χ0) is 11.3. The van der Waals surface area contributed by atoms with E-state index in [9.17, 15) is 4.79 Å². The van der Waals surface area contributed by atoms with Gasteiger partial charge in [0.05, 0.1) is 0 Å². The molecule has 0 aromatic heterocycles. The predicted octanol–water partition coefficient (Wildman–Crippen LogP) is 3.72. The van der Waals surface area contributed by atoms with Crippen LogP contribution in [0.4, 0.5) is 0 Å². The van der Waals surface area contributed by atoms with Crippen LogP contribution in [0.2, 0.25) is 0 Å². The van der Waals surface area contributed by atoms with Crippen molar-refractivity contribution < 1.29 is 4.79 Å². The fraction of sp³-hybridized carbons (Fsp3) is 0.500. The lowest BCUT2D eigenvalue weighted by atomic mass is 9.95. The van der Waals surface area contributed by atoms with Gasteiger partial charge in [0.25, 0.3) is 0 Å². The Morgan fingerprint density at radius 3 is 2.33 bits per heavy atom. The average Bonchev–Trinajstić information content (AvgIpc) is 2.18. The first-order valence-electron chi connectivity index (χ1n) is 5.71. The summed E-state index contributed by atoms with van der Waals surface area (Å²) in [4.78, 5) is 11.0. The van der Waals surface area contributed by atoms with Crippen molar-refractivity contribution in [3.63, 3.8) is 0 Å². The number of Topliss-reactive ketones (excluding diaryl/α,β-unsaturated/α-hetero) is 1. The van der Waals surface area contributed by atoms with Crippen molar-refractivity contribution in [1.82, 2.24) is 0 Å². The van der Waals surface area contributed by atoms with Crippen LogP contribution in [0.15, 0.2) is 24.3 Å². The Balaban J connectivity index is 2.66. The van der Waals surface area contributed by atoms with Gasteiger partial charge >= 0.3 is 0 Å². The normalized spacial score (nSPS) is 12.5. The van der Waals surface area contributed by atoms with E-state index in [4.69, 9.17) is 0 Å². The van der Waals surface area contributed by atoms with Crippen molar-refractivity contribution in [1.29, 1.82) is 0 Å². The van der Waals surface area contributed by atoms with Crippen LogP contribution in [0.5, 0.6) is 0 Å². The van der Waals surface area contributed by atoms with Crippen molar-refractivity contribution >= 4 is 5.78 Å². The fourth-order valence-corrected chi connectivity index (χ4v) is 1.85. The van der Waals surface area contributed by atoms with Gasteiger partial charge in [-0.15, -0.1) is 0 Å². The quantitative estimate of drug-likeness (QED) is 0.714. The van der Waals surface area contributed by atoms with E-state index >= 15 is 0 Å². The van der Waals surface area contributed by atoms with E-state index in [2.05, 4.69) is 38.1 Å². The van der Waals surface area contributed by atoms with Crippen molar-refractivity contribution in [3.8, 4) is 0 Å². The van der Waals surface area contributed by atoms with Crippen molar-refractivity contribution in [3.05, 3.63) is 35.4 Å². The molecular weight excluding hydrogens is 184 g/mol. The highest BCUT2D eigenvalue weighted by Gasteiger charge is 2.07. The monoisotopic (exact) mass is 204 g/mol. The lowest BCUT2D eigenvalue weighted by Crippen LogP contribution is -2.00. The molecule has 0 N–H and O–H groups in total. The molecule has 0 amide bonds. The van der Waals surface area contributed by atoms with Gasteiger partial charge in [0.15, 0.2) is 0 Å². The first-order chi connectivity index (χ1) is 7.13. The zero-order valence-electron chi connectivity index (χ0n) is 9.92. The molecule has 0 spiro atoms. The largest absolute Gasteiger partial charge is 0.300 e. The number of aryl methyl sites for hydroxylation is 1. The SMILES string of the molecule is CCCc1ccc(C(C)CC(C)=O)cc1. The molecule has 0 radical (unpaired) electrons. The number of carbonyl (C=O) groups excluding carboxylic acids is 1. The molecule has 0 fully saturated rings. The molecule has 0 saturated heterocycles. The van der Waals surface area contributed by atoms with Gasteiger partial charge in [-0.1, -0.05) is 44.5 Å². The summed E-state index contributed by atoms with van der Waals surface area (Å²) in [6.07, 6.45) is 2.97. The molecule has 1 aromatic rings. The number of rotatable bonds is 5. The Morgan fingerprint density at radius 1 is 1.27 bits per heavy atom. The van der Waals surface area contributed by atoms with Crippen LogP contribution >= 0.6 is 0 Å². The Kier molecular flexibility index (Phi) is 4.54. The standard InChI is InChI=1S/C14H20O/c1-4-5-13-6-8-14(9-7-13)11(2)10-12(3)15/h6-9,11H,4-5,10H2,1-3H3. The highest BCUT2D eigenvalue weighted by atomic mass is 16.1. The van der Waals surface area contributed by atoms with E-state index in [-0.39, 0.29) is 5.78 Å². The molecule has 1 unspecified atom stereocenters.